The van der Waals surface area contributed by atoms with Crippen molar-refractivity contribution < 1.29 is 9.59 Å². The second-order valence-corrected chi connectivity index (χ2v) is 7.58. The van der Waals surface area contributed by atoms with Gasteiger partial charge in [-0.3, -0.25) is 9.59 Å². The molecule has 0 radical (unpaired) electrons. The number of aromatic nitrogens is 1. The fourth-order valence-corrected chi connectivity index (χ4v) is 3.19. The molecule has 0 unspecified atom stereocenters. The van der Waals surface area contributed by atoms with Crippen molar-refractivity contribution in [1.29, 1.82) is 0 Å². The molecule has 0 aliphatic carbocycles. The number of benzene rings is 1. The number of carbonyl (C=O) groups excluding carboxylic acids is 2. The minimum Gasteiger partial charge on any atom is -0.350 e. The number of anilines is 1. The number of hydrogen-bond donors (Lipinski definition) is 4. The topological polar surface area (TPSA) is 103 Å². The van der Waals surface area contributed by atoms with Gasteiger partial charge in [0.1, 0.15) is 5.02 Å². The van der Waals surface area contributed by atoms with E-state index in [0.29, 0.717) is 24.2 Å². The Morgan fingerprint density at radius 2 is 1.90 bits per heavy atom. The number of halogens is 1. The van der Waals surface area contributed by atoms with E-state index in [2.05, 4.69) is 20.9 Å². The number of carbonyl (C=O) groups is 2. The van der Waals surface area contributed by atoms with Crippen LogP contribution in [0.3, 0.4) is 0 Å². The number of hydrogen-bond acceptors (Lipinski definition) is 3. The van der Waals surface area contributed by atoms with Gasteiger partial charge in [0.25, 0.3) is 5.56 Å². The molecule has 1 aromatic carbocycles. The SMILES string of the molecule is CC(C)NC(=O)Nc1ccc(/C(=C\[C@H]2CCC(=O)N2)c2ccc(Cl)c(=O)[nH]2)cc1. The number of pyridine rings is 1. The van der Waals surface area contributed by atoms with Crippen molar-refractivity contribution in [3.05, 3.63) is 69.1 Å². The highest BCUT2D eigenvalue weighted by Crippen LogP contribution is 2.25. The summed E-state index contributed by atoms with van der Waals surface area (Å²) >= 11 is 5.86. The molecule has 0 saturated carbocycles. The zero-order valence-electron chi connectivity index (χ0n) is 16.2. The average molecular weight is 415 g/mol. The van der Waals surface area contributed by atoms with Crippen LogP contribution >= 0.6 is 11.6 Å². The van der Waals surface area contributed by atoms with Crippen LogP contribution in [-0.4, -0.2) is 29.0 Å². The van der Waals surface area contributed by atoms with Gasteiger partial charge in [0.2, 0.25) is 5.91 Å². The Morgan fingerprint density at radius 3 is 2.48 bits per heavy atom. The highest BCUT2D eigenvalue weighted by molar-refractivity contribution is 6.30. The summed E-state index contributed by atoms with van der Waals surface area (Å²) in [5.41, 5.74) is 2.46. The molecule has 0 bridgehead atoms. The molecule has 3 amide bonds. The maximum Gasteiger partial charge on any atom is 0.319 e. The Bertz CT molecular complexity index is 996. The van der Waals surface area contributed by atoms with Gasteiger partial charge in [0.05, 0.1) is 0 Å². The first-order chi connectivity index (χ1) is 13.8. The van der Waals surface area contributed by atoms with E-state index >= 15 is 0 Å². The molecule has 1 aromatic heterocycles. The Labute approximate surface area is 173 Å². The molecule has 2 heterocycles. The fraction of sp³-hybridized carbons (Fsp3) is 0.286. The van der Waals surface area contributed by atoms with Crippen LogP contribution in [0, 0.1) is 0 Å². The smallest absolute Gasteiger partial charge is 0.319 e. The molecule has 8 heteroatoms. The third kappa shape index (κ3) is 5.48. The predicted molar refractivity (Wildman–Crippen MR) is 114 cm³/mol. The standard InChI is InChI=1S/C21H23ClN4O3/c1-12(2)23-21(29)25-14-5-3-13(4-6-14)16(11-15-7-10-19(27)24-15)18-9-8-17(22)20(28)26-18/h3-6,8-9,11-12,15H,7,10H2,1-2H3,(H,24,27)(H,26,28)(H2,23,25,29)/b16-11+/t15-/m1/s1. The second kappa shape index (κ2) is 8.96. The Morgan fingerprint density at radius 1 is 1.17 bits per heavy atom. The molecule has 7 nitrogen and oxygen atoms in total. The normalized spacial score (nSPS) is 16.6. The van der Waals surface area contributed by atoms with Crippen molar-refractivity contribution in [3.63, 3.8) is 0 Å². The predicted octanol–water partition coefficient (Wildman–Crippen LogP) is 3.27. The van der Waals surface area contributed by atoms with E-state index in [9.17, 15) is 14.4 Å². The van der Waals surface area contributed by atoms with E-state index in [-0.39, 0.29) is 34.6 Å². The molecule has 29 heavy (non-hydrogen) atoms. The van der Waals surface area contributed by atoms with E-state index in [1.165, 1.54) is 0 Å². The lowest BCUT2D eigenvalue weighted by Crippen LogP contribution is -2.34. The maximum atomic E-state index is 12.0. The van der Waals surface area contributed by atoms with E-state index < -0.39 is 0 Å². The van der Waals surface area contributed by atoms with Gasteiger partial charge in [0.15, 0.2) is 0 Å². The van der Waals surface area contributed by atoms with Gasteiger partial charge in [-0.2, -0.15) is 0 Å². The van der Waals surface area contributed by atoms with Gasteiger partial charge in [0, 0.05) is 35.5 Å². The molecular formula is C21H23ClN4O3. The molecule has 4 N–H and O–H groups in total. The monoisotopic (exact) mass is 414 g/mol. The fourth-order valence-electron chi connectivity index (χ4n) is 3.08. The molecule has 2 aromatic rings. The van der Waals surface area contributed by atoms with Crippen molar-refractivity contribution >= 4 is 34.8 Å². The van der Waals surface area contributed by atoms with E-state index in [1.807, 2.05) is 32.1 Å². The van der Waals surface area contributed by atoms with Crippen LogP contribution in [-0.2, 0) is 4.79 Å². The van der Waals surface area contributed by atoms with Gasteiger partial charge in [-0.25, -0.2) is 4.79 Å². The first-order valence-electron chi connectivity index (χ1n) is 9.40. The van der Waals surface area contributed by atoms with Crippen LogP contribution in [0.25, 0.3) is 5.57 Å². The van der Waals surface area contributed by atoms with Gasteiger partial charge in [-0.15, -0.1) is 0 Å². The van der Waals surface area contributed by atoms with E-state index in [1.54, 1.807) is 24.3 Å². The molecule has 3 rings (SSSR count). The zero-order valence-corrected chi connectivity index (χ0v) is 17.0. The molecular weight excluding hydrogens is 392 g/mol. The van der Waals surface area contributed by atoms with Crippen molar-refractivity contribution in [2.75, 3.05) is 5.32 Å². The van der Waals surface area contributed by atoms with Crippen LogP contribution in [0.4, 0.5) is 10.5 Å². The largest absolute Gasteiger partial charge is 0.350 e. The van der Waals surface area contributed by atoms with Crippen molar-refractivity contribution in [2.24, 2.45) is 0 Å². The van der Waals surface area contributed by atoms with E-state index in [4.69, 9.17) is 11.6 Å². The number of urea groups is 1. The Balaban J connectivity index is 1.90. The molecule has 1 aliphatic rings. The summed E-state index contributed by atoms with van der Waals surface area (Å²) in [7, 11) is 0. The molecule has 1 aliphatic heterocycles. The number of aromatic amines is 1. The lowest BCUT2D eigenvalue weighted by molar-refractivity contribution is -0.119. The number of nitrogens with one attached hydrogen (secondary N) is 4. The summed E-state index contributed by atoms with van der Waals surface area (Å²) in [5.74, 6) is 0.00547. The number of H-pyrrole nitrogens is 1. The minimum atomic E-state index is -0.380. The quantitative estimate of drug-likeness (QED) is 0.603. The van der Waals surface area contributed by atoms with E-state index in [0.717, 1.165) is 11.1 Å². The third-order valence-corrected chi connectivity index (χ3v) is 4.72. The summed E-state index contributed by atoms with van der Waals surface area (Å²) < 4.78 is 0. The minimum absolute atomic E-state index is 0.00547. The summed E-state index contributed by atoms with van der Waals surface area (Å²) in [6.07, 6.45) is 3.09. The average Bonchev–Trinajstić information content (AvgIpc) is 3.07. The van der Waals surface area contributed by atoms with Gasteiger partial charge in [-0.1, -0.05) is 29.8 Å². The van der Waals surface area contributed by atoms with Crippen LogP contribution < -0.4 is 21.5 Å². The molecule has 1 fully saturated rings. The summed E-state index contributed by atoms with van der Waals surface area (Å²) in [6.45, 7) is 3.77. The van der Waals surface area contributed by atoms with Gasteiger partial charge in [-0.05, 0) is 50.1 Å². The maximum absolute atomic E-state index is 12.0. The molecule has 1 atom stereocenters. The van der Waals surface area contributed by atoms with Crippen LogP contribution in [0.15, 0.2) is 47.3 Å². The zero-order chi connectivity index (χ0) is 21.0. The third-order valence-electron chi connectivity index (χ3n) is 4.42. The molecule has 0 spiro atoms. The van der Waals surface area contributed by atoms with Gasteiger partial charge >= 0.3 is 6.03 Å². The molecule has 1 saturated heterocycles. The van der Waals surface area contributed by atoms with Crippen molar-refractivity contribution in [1.82, 2.24) is 15.6 Å². The highest BCUT2D eigenvalue weighted by Gasteiger charge is 2.20. The lowest BCUT2D eigenvalue weighted by atomic mass is 9.98. The highest BCUT2D eigenvalue weighted by atomic mass is 35.5. The van der Waals surface area contributed by atoms with Gasteiger partial charge < -0.3 is 20.9 Å². The van der Waals surface area contributed by atoms with Crippen LogP contribution in [0.1, 0.15) is 37.9 Å². The number of amides is 3. The second-order valence-electron chi connectivity index (χ2n) is 7.17. The summed E-state index contributed by atoms with van der Waals surface area (Å²) in [4.78, 5) is 38.2. The Hall–Kier alpha value is -3.06. The van der Waals surface area contributed by atoms with Crippen molar-refractivity contribution in [3.8, 4) is 0 Å². The first-order valence-corrected chi connectivity index (χ1v) is 9.78. The molecule has 152 valence electrons. The summed E-state index contributed by atoms with van der Waals surface area (Å²) in [6, 6.07) is 10.2. The van der Waals surface area contributed by atoms with Crippen LogP contribution in [0.5, 0.6) is 0 Å². The lowest BCUT2D eigenvalue weighted by Gasteiger charge is -2.14. The summed E-state index contributed by atoms with van der Waals surface area (Å²) in [5, 5.41) is 8.55. The Kier molecular flexibility index (Phi) is 6.39. The van der Waals surface area contributed by atoms with Crippen molar-refractivity contribution in [2.45, 2.75) is 38.8 Å². The number of rotatable bonds is 5. The first kappa shape index (κ1) is 20.7. The van der Waals surface area contributed by atoms with Crippen LogP contribution in [0.2, 0.25) is 5.02 Å².